The van der Waals surface area contributed by atoms with Crippen LogP contribution in [0.1, 0.15) is 24.5 Å². The lowest BCUT2D eigenvalue weighted by molar-refractivity contribution is 0.222. The van der Waals surface area contributed by atoms with Crippen LogP contribution < -0.4 is 5.73 Å². The predicted molar refractivity (Wildman–Crippen MR) is 58.9 cm³/mol. The molecule has 1 rings (SSSR count). The molecule has 0 saturated heterocycles. The SMILES string of the molecule is CCC(CO)Cc1ccccc1CN. The standard InChI is InChI=1S/C12H19NO/c1-2-10(9-14)7-11-5-3-4-6-12(11)8-13/h3-6,10,14H,2,7-9,13H2,1H3. The number of hydrogen-bond donors (Lipinski definition) is 2. The van der Waals surface area contributed by atoms with Gasteiger partial charge in [-0.2, -0.15) is 0 Å². The number of nitrogens with two attached hydrogens (primary N) is 1. The molecule has 0 amide bonds. The highest BCUT2D eigenvalue weighted by Crippen LogP contribution is 2.15. The molecule has 2 heteroatoms. The van der Waals surface area contributed by atoms with E-state index in [0.717, 1.165) is 12.8 Å². The topological polar surface area (TPSA) is 46.2 Å². The van der Waals surface area contributed by atoms with E-state index in [1.165, 1.54) is 11.1 Å². The predicted octanol–water partition coefficient (Wildman–Crippen LogP) is 1.71. The summed E-state index contributed by atoms with van der Waals surface area (Å²) in [6, 6.07) is 8.18. The van der Waals surface area contributed by atoms with E-state index in [1.807, 2.05) is 12.1 Å². The van der Waals surface area contributed by atoms with Crippen LogP contribution in [0.5, 0.6) is 0 Å². The normalized spacial score (nSPS) is 12.8. The average molecular weight is 193 g/mol. The van der Waals surface area contributed by atoms with Gasteiger partial charge in [-0.1, -0.05) is 37.6 Å². The molecule has 1 aromatic carbocycles. The fourth-order valence-electron chi connectivity index (χ4n) is 1.60. The van der Waals surface area contributed by atoms with Crippen LogP contribution in [-0.4, -0.2) is 11.7 Å². The number of hydrogen-bond acceptors (Lipinski definition) is 2. The zero-order chi connectivity index (χ0) is 10.4. The van der Waals surface area contributed by atoms with Crippen molar-refractivity contribution in [1.82, 2.24) is 0 Å². The van der Waals surface area contributed by atoms with Crippen molar-refractivity contribution in [3.8, 4) is 0 Å². The zero-order valence-corrected chi connectivity index (χ0v) is 8.74. The lowest BCUT2D eigenvalue weighted by Crippen LogP contribution is -2.11. The molecule has 2 nitrogen and oxygen atoms in total. The average Bonchev–Trinajstić information content (AvgIpc) is 2.26. The number of rotatable bonds is 5. The molecule has 78 valence electrons. The lowest BCUT2D eigenvalue weighted by Gasteiger charge is -2.13. The van der Waals surface area contributed by atoms with Gasteiger partial charge in [-0.3, -0.25) is 0 Å². The third kappa shape index (κ3) is 2.82. The Hall–Kier alpha value is -0.860. The first-order valence-electron chi connectivity index (χ1n) is 5.19. The second-order valence-electron chi connectivity index (χ2n) is 3.63. The van der Waals surface area contributed by atoms with Gasteiger partial charge in [0.2, 0.25) is 0 Å². The van der Waals surface area contributed by atoms with Crippen molar-refractivity contribution in [3.63, 3.8) is 0 Å². The van der Waals surface area contributed by atoms with Gasteiger partial charge in [0.25, 0.3) is 0 Å². The molecular formula is C12H19NO. The Morgan fingerprint density at radius 3 is 2.43 bits per heavy atom. The minimum absolute atomic E-state index is 0.259. The summed E-state index contributed by atoms with van der Waals surface area (Å²) in [5, 5.41) is 9.12. The Labute approximate surface area is 85.8 Å². The van der Waals surface area contributed by atoms with E-state index in [-0.39, 0.29) is 6.61 Å². The van der Waals surface area contributed by atoms with Gasteiger partial charge in [-0.15, -0.1) is 0 Å². The lowest BCUT2D eigenvalue weighted by atomic mass is 9.94. The van der Waals surface area contributed by atoms with Crippen LogP contribution in [0.3, 0.4) is 0 Å². The summed E-state index contributed by atoms with van der Waals surface area (Å²) < 4.78 is 0. The van der Waals surface area contributed by atoms with E-state index >= 15 is 0 Å². The van der Waals surface area contributed by atoms with E-state index in [1.54, 1.807) is 0 Å². The second-order valence-corrected chi connectivity index (χ2v) is 3.63. The van der Waals surface area contributed by atoms with Crippen LogP contribution in [0.2, 0.25) is 0 Å². The zero-order valence-electron chi connectivity index (χ0n) is 8.74. The van der Waals surface area contributed by atoms with Crippen molar-refractivity contribution in [3.05, 3.63) is 35.4 Å². The summed E-state index contributed by atoms with van der Waals surface area (Å²) in [7, 11) is 0. The van der Waals surface area contributed by atoms with E-state index in [0.29, 0.717) is 12.5 Å². The molecule has 0 aromatic heterocycles. The molecule has 0 radical (unpaired) electrons. The Morgan fingerprint density at radius 2 is 1.93 bits per heavy atom. The van der Waals surface area contributed by atoms with Crippen LogP contribution in [0.4, 0.5) is 0 Å². The summed E-state index contributed by atoms with van der Waals surface area (Å²) in [4.78, 5) is 0. The number of benzene rings is 1. The molecule has 14 heavy (non-hydrogen) atoms. The smallest absolute Gasteiger partial charge is 0.0462 e. The van der Waals surface area contributed by atoms with Crippen molar-refractivity contribution < 1.29 is 5.11 Å². The summed E-state index contributed by atoms with van der Waals surface area (Å²) in [6.45, 7) is 2.94. The molecule has 1 atom stereocenters. The van der Waals surface area contributed by atoms with Crippen molar-refractivity contribution in [2.24, 2.45) is 11.7 Å². The molecule has 0 heterocycles. The Kier molecular flexibility index (Phi) is 4.63. The monoisotopic (exact) mass is 193 g/mol. The number of aliphatic hydroxyl groups is 1. The first-order valence-corrected chi connectivity index (χ1v) is 5.19. The minimum atomic E-state index is 0.259. The maximum atomic E-state index is 9.12. The highest BCUT2D eigenvalue weighted by molar-refractivity contribution is 5.27. The molecule has 0 fully saturated rings. The maximum Gasteiger partial charge on any atom is 0.0462 e. The highest BCUT2D eigenvalue weighted by Gasteiger charge is 2.08. The first kappa shape index (κ1) is 11.2. The fraction of sp³-hybridized carbons (Fsp3) is 0.500. The summed E-state index contributed by atoms with van der Waals surface area (Å²) >= 11 is 0. The molecule has 1 aromatic rings. The van der Waals surface area contributed by atoms with Crippen molar-refractivity contribution in [2.45, 2.75) is 26.3 Å². The molecule has 0 aliphatic heterocycles. The maximum absolute atomic E-state index is 9.12. The van der Waals surface area contributed by atoms with Gasteiger partial charge in [0.15, 0.2) is 0 Å². The molecule has 0 bridgehead atoms. The van der Waals surface area contributed by atoms with Gasteiger partial charge < -0.3 is 10.8 Å². The Bertz CT molecular complexity index is 269. The largest absolute Gasteiger partial charge is 0.396 e. The van der Waals surface area contributed by atoms with Gasteiger partial charge in [-0.25, -0.2) is 0 Å². The van der Waals surface area contributed by atoms with Crippen molar-refractivity contribution >= 4 is 0 Å². The van der Waals surface area contributed by atoms with Gasteiger partial charge in [0, 0.05) is 13.2 Å². The van der Waals surface area contributed by atoms with Crippen LogP contribution >= 0.6 is 0 Å². The molecule has 1 unspecified atom stereocenters. The fourth-order valence-corrected chi connectivity index (χ4v) is 1.60. The molecule has 0 aliphatic rings. The molecule has 0 spiro atoms. The van der Waals surface area contributed by atoms with E-state index in [4.69, 9.17) is 10.8 Å². The quantitative estimate of drug-likeness (QED) is 0.747. The van der Waals surface area contributed by atoms with Crippen molar-refractivity contribution in [2.75, 3.05) is 6.61 Å². The number of aliphatic hydroxyl groups excluding tert-OH is 1. The van der Waals surface area contributed by atoms with Gasteiger partial charge in [-0.05, 0) is 23.5 Å². The summed E-state index contributed by atoms with van der Waals surface area (Å²) in [5.41, 5.74) is 8.11. The Balaban J connectivity index is 2.74. The summed E-state index contributed by atoms with van der Waals surface area (Å²) in [6.07, 6.45) is 1.94. The van der Waals surface area contributed by atoms with E-state index in [9.17, 15) is 0 Å². The van der Waals surface area contributed by atoms with Crippen LogP contribution in [0.15, 0.2) is 24.3 Å². The Morgan fingerprint density at radius 1 is 1.29 bits per heavy atom. The first-order chi connectivity index (χ1) is 6.81. The van der Waals surface area contributed by atoms with Crippen LogP contribution in [0.25, 0.3) is 0 Å². The van der Waals surface area contributed by atoms with E-state index in [2.05, 4.69) is 19.1 Å². The minimum Gasteiger partial charge on any atom is -0.396 e. The van der Waals surface area contributed by atoms with Gasteiger partial charge in [0.05, 0.1) is 0 Å². The van der Waals surface area contributed by atoms with E-state index < -0.39 is 0 Å². The summed E-state index contributed by atoms with van der Waals surface area (Å²) in [5.74, 6) is 0.364. The van der Waals surface area contributed by atoms with Crippen LogP contribution in [0, 0.1) is 5.92 Å². The molecular weight excluding hydrogens is 174 g/mol. The molecule has 3 N–H and O–H groups in total. The molecule has 0 aliphatic carbocycles. The second kappa shape index (κ2) is 5.78. The van der Waals surface area contributed by atoms with Crippen molar-refractivity contribution in [1.29, 1.82) is 0 Å². The molecule has 0 saturated carbocycles. The third-order valence-electron chi connectivity index (χ3n) is 2.68. The highest BCUT2D eigenvalue weighted by atomic mass is 16.3. The van der Waals surface area contributed by atoms with Gasteiger partial charge >= 0.3 is 0 Å². The van der Waals surface area contributed by atoms with Gasteiger partial charge in [0.1, 0.15) is 0 Å². The third-order valence-corrected chi connectivity index (χ3v) is 2.68. The van der Waals surface area contributed by atoms with Crippen LogP contribution in [-0.2, 0) is 13.0 Å².